The summed E-state index contributed by atoms with van der Waals surface area (Å²) in [5.74, 6) is 0.733. The first-order chi connectivity index (χ1) is 7.59. The lowest BCUT2D eigenvalue weighted by Crippen LogP contribution is -2.28. The summed E-state index contributed by atoms with van der Waals surface area (Å²) >= 11 is 0. The molecular weight excluding hydrogens is 196 g/mol. The van der Waals surface area contributed by atoms with E-state index in [0.29, 0.717) is 5.41 Å². The smallest absolute Gasteiger partial charge is 0.0934 e. The Balaban J connectivity index is 2.01. The highest BCUT2D eigenvalue weighted by molar-refractivity contribution is 5.14. The summed E-state index contributed by atoms with van der Waals surface area (Å²) in [6.07, 6.45) is 11.0. The molecule has 0 aliphatic heterocycles. The molecule has 0 N–H and O–H groups in total. The zero-order chi connectivity index (χ0) is 11.6. The molecule has 0 bridgehead atoms. The molecule has 1 heteroatoms. The Morgan fingerprint density at radius 3 is 2.88 bits per heavy atom. The third-order valence-electron chi connectivity index (χ3n) is 4.05. The molecule has 0 spiro atoms. The average molecular weight is 218 g/mol. The molecule has 1 unspecified atom stereocenters. The number of hydrogen-bond donors (Lipinski definition) is 0. The van der Waals surface area contributed by atoms with E-state index in [2.05, 4.69) is 32.9 Å². The van der Waals surface area contributed by atoms with Crippen LogP contribution < -0.4 is 0 Å². The van der Waals surface area contributed by atoms with Crippen LogP contribution in [0.4, 0.5) is 0 Å². The van der Waals surface area contributed by atoms with Gasteiger partial charge in [-0.2, -0.15) is 0 Å². The van der Waals surface area contributed by atoms with Crippen LogP contribution in [0.3, 0.4) is 0 Å². The van der Waals surface area contributed by atoms with Crippen molar-refractivity contribution in [3.8, 4) is 0 Å². The van der Waals surface area contributed by atoms with Gasteiger partial charge in [0.1, 0.15) is 0 Å². The Hall–Kier alpha value is -0.980. The summed E-state index contributed by atoms with van der Waals surface area (Å²) in [7, 11) is 0. The molecular formula is C15H22O. The molecule has 0 saturated carbocycles. The van der Waals surface area contributed by atoms with Gasteiger partial charge in [0.05, 0.1) is 12.5 Å². The Morgan fingerprint density at radius 1 is 1.44 bits per heavy atom. The van der Waals surface area contributed by atoms with Crippen LogP contribution in [-0.4, -0.2) is 0 Å². The first-order valence-electron chi connectivity index (χ1n) is 6.27. The molecule has 1 nitrogen and oxygen atoms in total. The number of rotatable bonds is 3. The third kappa shape index (κ3) is 2.40. The lowest BCUT2D eigenvalue weighted by Gasteiger charge is -2.38. The maximum Gasteiger partial charge on any atom is 0.0934 e. The Morgan fingerprint density at radius 2 is 2.25 bits per heavy atom. The summed E-state index contributed by atoms with van der Waals surface area (Å²) in [4.78, 5) is 0. The second kappa shape index (κ2) is 4.48. The molecule has 1 atom stereocenters. The Kier molecular flexibility index (Phi) is 3.22. The van der Waals surface area contributed by atoms with E-state index >= 15 is 0 Å². The molecule has 1 aliphatic rings. The van der Waals surface area contributed by atoms with Crippen molar-refractivity contribution < 1.29 is 4.42 Å². The van der Waals surface area contributed by atoms with Gasteiger partial charge in [-0.05, 0) is 55.6 Å². The van der Waals surface area contributed by atoms with Crippen LogP contribution >= 0.6 is 0 Å². The third-order valence-corrected chi connectivity index (χ3v) is 4.05. The largest absolute Gasteiger partial charge is 0.472 e. The van der Waals surface area contributed by atoms with E-state index in [9.17, 15) is 0 Å². The van der Waals surface area contributed by atoms with Crippen molar-refractivity contribution in [1.29, 1.82) is 0 Å². The fourth-order valence-corrected chi connectivity index (χ4v) is 2.97. The lowest BCUT2D eigenvalue weighted by molar-refractivity contribution is 0.204. The molecule has 2 rings (SSSR count). The number of aryl methyl sites for hydroxylation is 1. The molecule has 0 fully saturated rings. The van der Waals surface area contributed by atoms with Crippen LogP contribution in [0, 0.1) is 11.3 Å². The maximum atomic E-state index is 5.12. The zero-order valence-corrected chi connectivity index (χ0v) is 10.6. The van der Waals surface area contributed by atoms with Crippen LogP contribution in [0.5, 0.6) is 0 Å². The zero-order valence-electron chi connectivity index (χ0n) is 10.6. The van der Waals surface area contributed by atoms with E-state index in [1.807, 2.05) is 6.26 Å². The van der Waals surface area contributed by atoms with Crippen molar-refractivity contribution in [2.24, 2.45) is 11.3 Å². The second-order valence-electron chi connectivity index (χ2n) is 5.70. The van der Waals surface area contributed by atoms with Crippen LogP contribution in [0.15, 0.2) is 34.7 Å². The topological polar surface area (TPSA) is 13.1 Å². The van der Waals surface area contributed by atoms with Gasteiger partial charge in [0.2, 0.25) is 0 Å². The molecule has 0 saturated heterocycles. The van der Waals surface area contributed by atoms with E-state index in [4.69, 9.17) is 4.42 Å². The van der Waals surface area contributed by atoms with Crippen LogP contribution in [0.25, 0.3) is 0 Å². The first-order valence-corrected chi connectivity index (χ1v) is 6.27. The molecule has 0 aromatic carbocycles. The van der Waals surface area contributed by atoms with Gasteiger partial charge >= 0.3 is 0 Å². The van der Waals surface area contributed by atoms with Crippen molar-refractivity contribution in [3.63, 3.8) is 0 Å². The van der Waals surface area contributed by atoms with Gasteiger partial charge in [0.15, 0.2) is 0 Å². The van der Waals surface area contributed by atoms with Gasteiger partial charge in [-0.25, -0.2) is 0 Å². The van der Waals surface area contributed by atoms with E-state index in [-0.39, 0.29) is 0 Å². The fourth-order valence-electron chi connectivity index (χ4n) is 2.97. The predicted octanol–water partition coefficient (Wildman–Crippen LogP) is 4.59. The summed E-state index contributed by atoms with van der Waals surface area (Å²) in [6, 6.07) is 2.08. The minimum atomic E-state index is 0.461. The molecule has 16 heavy (non-hydrogen) atoms. The lowest BCUT2D eigenvalue weighted by atomic mass is 9.67. The van der Waals surface area contributed by atoms with Gasteiger partial charge in [-0.15, -0.1) is 0 Å². The quantitative estimate of drug-likeness (QED) is 0.676. The maximum absolute atomic E-state index is 5.12. The predicted molar refractivity (Wildman–Crippen MR) is 67.3 cm³/mol. The summed E-state index contributed by atoms with van der Waals surface area (Å²) in [5, 5.41) is 0. The molecule has 1 aromatic rings. The first kappa shape index (κ1) is 11.5. The van der Waals surface area contributed by atoms with Gasteiger partial charge in [0.25, 0.3) is 0 Å². The van der Waals surface area contributed by atoms with Crippen LogP contribution in [0.1, 0.15) is 45.6 Å². The normalized spacial score (nSPS) is 24.2. The minimum Gasteiger partial charge on any atom is -0.472 e. The van der Waals surface area contributed by atoms with E-state index < -0.39 is 0 Å². The summed E-state index contributed by atoms with van der Waals surface area (Å²) in [5.41, 5.74) is 3.37. The van der Waals surface area contributed by atoms with Gasteiger partial charge in [-0.3, -0.25) is 0 Å². The number of allylic oxidation sites excluding steroid dienone is 2. The second-order valence-corrected chi connectivity index (χ2v) is 5.70. The van der Waals surface area contributed by atoms with Gasteiger partial charge in [0, 0.05) is 0 Å². The average Bonchev–Trinajstić information content (AvgIpc) is 2.68. The highest BCUT2D eigenvalue weighted by Crippen LogP contribution is 2.43. The van der Waals surface area contributed by atoms with Crippen LogP contribution in [0.2, 0.25) is 0 Å². The highest BCUT2D eigenvalue weighted by atomic mass is 16.3. The SMILES string of the molecule is CC1=CCCC(C)(C)C1CCc1ccoc1. The Bertz CT molecular complexity index is 357. The fraction of sp³-hybridized carbons (Fsp3) is 0.600. The van der Waals surface area contributed by atoms with Crippen molar-refractivity contribution in [3.05, 3.63) is 35.8 Å². The molecule has 88 valence electrons. The molecule has 0 amide bonds. The van der Waals surface area contributed by atoms with Gasteiger partial charge in [-0.1, -0.05) is 25.5 Å². The molecule has 0 radical (unpaired) electrons. The highest BCUT2D eigenvalue weighted by Gasteiger charge is 2.32. The molecule has 1 aromatic heterocycles. The van der Waals surface area contributed by atoms with Crippen molar-refractivity contribution in [1.82, 2.24) is 0 Å². The minimum absolute atomic E-state index is 0.461. The Labute approximate surface area is 98.5 Å². The van der Waals surface area contributed by atoms with E-state index in [1.165, 1.54) is 24.8 Å². The molecule has 1 heterocycles. The standard InChI is InChI=1S/C15H22O/c1-12-5-4-9-15(2,3)14(12)7-6-13-8-10-16-11-13/h5,8,10-11,14H,4,6-7,9H2,1-3H3. The molecule has 1 aliphatic carbocycles. The van der Waals surface area contributed by atoms with Crippen molar-refractivity contribution >= 4 is 0 Å². The van der Waals surface area contributed by atoms with E-state index in [1.54, 1.807) is 11.8 Å². The van der Waals surface area contributed by atoms with Crippen LogP contribution in [-0.2, 0) is 6.42 Å². The number of furan rings is 1. The summed E-state index contributed by atoms with van der Waals surface area (Å²) in [6.45, 7) is 7.11. The number of hydrogen-bond acceptors (Lipinski definition) is 1. The summed E-state index contributed by atoms with van der Waals surface area (Å²) < 4.78 is 5.12. The van der Waals surface area contributed by atoms with Crippen molar-refractivity contribution in [2.45, 2.75) is 46.5 Å². The monoisotopic (exact) mass is 218 g/mol. The van der Waals surface area contributed by atoms with Gasteiger partial charge < -0.3 is 4.42 Å². The van der Waals surface area contributed by atoms with E-state index in [0.717, 1.165) is 12.3 Å². The van der Waals surface area contributed by atoms with Crippen molar-refractivity contribution in [2.75, 3.05) is 0 Å².